The first-order chi connectivity index (χ1) is 16.4. The molecule has 0 atom stereocenters. The van der Waals surface area contributed by atoms with Crippen LogP contribution >= 0.6 is 22.6 Å². The maximum atomic E-state index is 13.1. The van der Waals surface area contributed by atoms with E-state index in [4.69, 9.17) is 15.0 Å². The molecule has 0 aliphatic carbocycles. The Morgan fingerprint density at radius 2 is 1.50 bits per heavy atom. The number of benzene rings is 3. The molecule has 0 saturated carbocycles. The molecule has 0 aliphatic heterocycles. The molecule has 0 saturated heterocycles. The van der Waals surface area contributed by atoms with Crippen LogP contribution in [-0.4, -0.2) is 23.0 Å². The van der Waals surface area contributed by atoms with Crippen LogP contribution in [0.4, 0.5) is 0 Å². The molecule has 4 aromatic rings. The standard InChI is InChI=1S/C25H17IN2O6/c26-21-18(29)12-11-16(20(21)23(30)28-27)24(31)34-25(32)22-19(15-9-5-2-6-10-15)17(13-33-22)14-7-3-1-4-8-14/h1-13,29H,27H2,(H,28,30). The average molecular weight is 568 g/mol. The Kier molecular flexibility index (Phi) is 6.75. The van der Waals surface area contributed by atoms with Gasteiger partial charge in [0.2, 0.25) is 5.76 Å². The maximum absolute atomic E-state index is 13.1. The van der Waals surface area contributed by atoms with Crippen molar-refractivity contribution in [3.8, 4) is 28.0 Å². The number of hydrazine groups is 1. The molecule has 0 spiro atoms. The highest BCUT2D eigenvalue weighted by molar-refractivity contribution is 14.1. The molecular weight excluding hydrogens is 551 g/mol. The topological polar surface area (TPSA) is 132 Å². The second-order valence-electron chi connectivity index (χ2n) is 7.06. The van der Waals surface area contributed by atoms with E-state index in [0.717, 1.165) is 5.56 Å². The number of halogens is 1. The molecule has 8 nitrogen and oxygen atoms in total. The number of phenolic OH excluding ortho intramolecular Hbond substituents is 1. The Bertz CT molecular complexity index is 1380. The third-order valence-corrected chi connectivity index (χ3v) is 6.10. The van der Waals surface area contributed by atoms with E-state index in [9.17, 15) is 19.5 Å². The fourth-order valence-corrected chi connectivity index (χ4v) is 4.16. The van der Waals surface area contributed by atoms with E-state index < -0.39 is 17.8 Å². The predicted octanol–water partition coefficient (Wildman–Crippen LogP) is 4.52. The summed E-state index contributed by atoms with van der Waals surface area (Å²) in [5.74, 6) is 1.85. The second kappa shape index (κ2) is 9.89. The Morgan fingerprint density at radius 1 is 0.882 bits per heavy atom. The summed E-state index contributed by atoms with van der Waals surface area (Å²) in [5, 5.41) is 9.92. The molecule has 1 aromatic heterocycles. The van der Waals surface area contributed by atoms with Gasteiger partial charge in [0.25, 0.3) is 5.91 Å². The number of hydrogen-bond donors (Lipinski definition) is 3. The second-order valence-corrected chi connectivity index (χ2v) is 8.14. The van der Waals surface area contributed by atoms with Gasteiger partial charge in [-0.25, -0.2) is 15.4 Å². The summed E-state index contributed by atoms with van der Waals surface area (Å²) in [6, 6.07) is 20.8. The lowest BCUT2D eigenvalue weighted by molar-refractivity contribution is 0.0374. The summed E-state index contributed by atoms with van der Waals surface area (Å²) in [4.78, 5) is 38.1. The zero-order valence-electron chi connectivity index (χ0n) is 17.4. The lowest BCUT2D eigenvalue weighted by atomic mass is 9.97. The van der Waals surface area contributed by atoms with Crippen molar-refractivity contribution in [2.24, 2.45) is 5.84 Å². The third-order valence-electron chi connectivity index (χ3n) is 5.01. The molecule has 3 aromatic carbocycles. The van der Waals surface area contributed by atoms with Crippen LogP contribution in [0.2, 0.25) is 0 Å². The number of aromatic hydroxyl groups is 1. The molecule has 0 fully saturated rings. The van der Waals surface area contributed by atoms with Crippen molar-refractivity contribution in [1.29, 1.82) is 0 Å². The van der Waals surface area contributed by atoms with E-state index in [2.05, 4.69) is 0 Å². The lowest BCUT2D eigenvalue weighted by Gasteiger charge is -2.11. The molecule has 9 heteroatoms. The fraction of sp³-hybridized carbons (Fsp3) is 0. The van der Waals surface area contributed by atoms with E-state index in [1.165, 1.54) is 18.4 Å². The van der Waals surface area contributed by atoms with Crippen LogP contribution in [0, 0.1) is 3.57 Å². The number of nitrogens with one attached hydrogen (secondary N) is 1. The van der Waals surface area contributed by atoms with Gasteiger partial charge in [-0.1, -0.05) is 60.7 Å². The first-order valence-electron chi connectivity index (χ1n) is 9.93. The minimum absolute atomic E-state index is 0.0804. The van der Waals surface area contributed by atoms with Crippen LogP contribution in [0.1, 0.15) is 31.3 Å². The normalized spacial score (nSPS) is 10.5. The molecule has 0 unspecified atom stereocenters. The lowest BCUT2D eigenvalue weighted by Crippen LogP contribution is -2.32. The van der Waals surface area contributed by atoms with E-state index in [1.807, 2.05) is 66.1 Å². The molecule has 1 amide bonds. The summed E-state index contributed by atoms with van der Waals surface area (Å²) in [6.45, 7) is 0. The summed E-state index contributed by atoms with van der Waals surface area (Å²) < 4.78 is 10.7. The molecule has 1 heterocycles. The number of amides is 1. The first kappa shape index (κ1) is 23.2. The number of nitrogens with two attached hydrogens (primary N) is 1. The third kappa shape index (κ3) is 4.43. The van der Waals surface area contributed by atoms with Crippen molar-refractivity contribution in [2.75, 3.05) is 0 Å². The molecule has 0 radical (unpaired) electrons. The van der Waals surface area contributed by atoms with Gasteiger partial charge in [-0.3, -0.25) is 10.2 Å². The SMILES string of the molecule is NNC(=O)c1c(C(=O)OC(=O)c2occ(-c3ccccc3)c2-c2ccccc2)ccc(O)c1I. The van der Waals surface area contributed by atoms with Gasteiger partial charge >= 0.3 is 11.9 Å². The van der Waals surface area contributed by atoms with Crippen molar-refractivity contribution in [2.45, 2.75) is 0 Å². The number of carbonyl (C=O) groups is 3. The number of phenols is 1. The molecule has 34 heavy (non-hydrogen) atoms. The van der Waals surface area contributed by atoms with Gasteiger partial charge in [-0.05, 0) is 45.9 Å². The molecule has 4 N–H and O–H groups in total. The highest BCUT2D eigenvalue weighted by atomic mass is 127. The van der Waals surface area contributed by atoms with Crippen molar-refractivity contribution in [3.05, 3.63) is 99.5 Å². The Labute approximate surface area is 207 Å². The highest BCUT2D eigenvalue weighted by Crippen LogP contribution is 2.37. The van der Waals surface area contributed by atoms with Crippen LogP contribution < -0.4 is 11.3 Å². The van der Waals surface area contributed by atoms with Gasteiger partial charge in [0.15, 0.2) is 0 Å². The Hall–Kier alpha value is -3.96. The van der Waals surface area contributed by atoms with Crippen LogP contribution in [-0.2, 0) is 4.74 Å². The number of esters is 2. The predicted molar refractivity (Wildman–Crippen MR) is 132 cm³/mol. The first-order valence-corrected chi connectivity index (χ1v) is 11.0. The Balaban J connectivity index is 1.74. The Morgan fingerprint density at radius 3 is 2.12 bits per heavy atom. The van der Waals surface area contributed by atoms with E-state index >= 15 is 0 Å². The number of furan rings is 1. The minimum Gasteiger partial charge on any atom is -0.507 e. The van der Waals surface area contributed by atoms with Gasteiger partial charge in [0.05, 0.1) is 14.7 Å². The monoisotopic (exact) mass is 568 g/mol. The van der Waals surface area contributed by atoms with Gasteiger partial charge < -0.3 is 14.3 Å². The number of carbonyl (C=O) groups excluding carboxylic acids is 3. The molecule has 170 valence electrons. The van der Waals surface area contributed by atoms with Gasteiger partial charge in [-0.15, -0.1) is 0 Å². The average Bonchev–Trinajstić information content (AvgIpc) is 3.31. The maximum Gasteiger partial charge on any atom is 0.382 e. The molecule has 0 aliphatic rings. The van der Waals surface area contributed by atoms with Crippen molar-refractivity contribution in [3.63, 3.8) is 0 Å². The van der Waals surface area contributed by atoms with E-state index in [1.54, 1.807) is 22.6 Å². The highest BCUT2D eigenvalue weighted by Gasteiger charge is 2.29. The fourth-order valence-electron chi connectivity index (χ4n) is 3.44. The van der Waals surface area contributed by atoms with Gasteiger partial charge in [-0.2, -0.15) is 0 Å². The molecule has 4 rings (SSSR count). The van der Waals surface area contributed by atoms with Crippen molar-refractivity contribution >= 4 is 40.4 Å². The van der Waals surface area contributed by atoms with Crippen molar-refractivity contribution in [1.82, 2.24) is 5.43 Å². The number of nitrogen functional groups attached to an aromatic ring is 1. The van der Waals surface area contributed by atoms with E-state index in [0.29, 0.717) is 16.7 Å². The number of hydrogen-bond acceptors (Lipinski definition) is 7. The van der Waals surface area contributed by atoms with Crippen LogP contribution in [0.25, 0.3) is 22.3 Å². The van der Waals surface area contributed by atoms with Gasteiger partial charge in [0.1, 0.15) is 12.0 Å². The summed E-state index contributed by atoms with van der Waals surface area (Å²) >= 11 is 1.69. The molecular formula is C25H17IN2O6. The largest absolute Gasteiger partial charge is 0.507 e. The number of rotatable bonds is 5. The summed E-state index contributed by atoms with van der Waals surface area (Å²) in [7, 11) is 0. The van der Waals surface area contributed by atoms with Gasteiger partial charge in [0, 0.05) is 11.1 Å². The van der Waals surface area contributed by atoms with Crippen LogP contribution in [0.5, 0.6) is 5.75 Å². The van der Waals surface area contributed by atoms with E-state index in [-0.39, 0.29) is 26.2 Å². The van der Waals surface area contributed by atoms with Crippen LogP contribution in [0.15, 0.2) is 83.5 Å². The van der Waals surface area contributed by atoms with Crippen molar-refractivity contribution < 1.29 is 28.6 Å². The minimum atomic E-state index is -1.10. The summed E-state index contributed by atoms with van der Waals surface area (Å²) in [5.41, 5.74) is 4.07. The summed E-state index contributed by atoms with van der Waals surface area (Å²) in [6.07, 6.45) is 1.43. The molecule has 0 bridgehead atoms. The zero-order valence-corrected chi connectivity index (χ0v) is 19.6. The van der Waals surface area contributed by atoms with Crippen LogP contribution in [0.3, 0.4) is 0 Å². The number of ether oxygens (including phenoxy) is 1. The smallest absolute Gasteiger partial charge is 0.382 e. The quantitative estimate of drug-likeness (QED) is 0.0806. The zero-order chi connectivity index (χ0) is 24.2.